The monoisotopic (exact) mass is 836 g/mol. The molecule has 0 spiro atoms. The lowest BCUT2D eigenvalue weighted by molar-refractivity contribution is -0.141. The van der Waals surface area contributed by atoms with Gasteiger partial charge in [0.2, 0.25) is 21.8 Å². The lowest BCUT2D eigenvalue weighted by atomic mass is 9.96. The van der Waals surface area contributed by atoms with E-state index >= 15 is 4.79 Å². The van der Waals surface area contributed by atoms with Gasteiger partial charge in [0.1, 0.15) is 35.2 Å². The molecule has 4 aromatic rings. The van der Waals surface area contributed by atoms with Crippen molar-refractivity contribution in [3.8, 4) is 22.8 Å². The minimum atomic E-state index is -3.88. The maximum Gasteiger partial charge on any atom is 0.259 e. The molecule has 4 fully saturated rings. The molecule has 2 aromatic carbocycles. The number of rotatable bonds is 9. The molecule has 3 aliphatic carbocycles. The van der Waals surface area contributed by atoms with Crippen LogP contribution in [0.15, 0.2) is 72.6 Å². The van der Waals surface area contributed by atoms with Crippen molar-refractivity contribution in [2.75, 3.05) is 19.0 Å². The van der Waals surface area contributed by atoms with Crippen LogP contribution in [0.25, 0.3) is 28.2 Å². The van der Waals surface area contributed by atoms with E-state index in [2.05, 4.69) is 28.0 Å². The highest BCUT2D eigenvalue weighted by molar-refractivity contribution is 7.91. The number of aromatic nitrogens is 2. The highest BCUT2D eigenvalue weighted by Crippen LogP contribution is 2.46. The average Bonchev–Trinajstić information content (AvgIpc) is 4.02. The number of nitrogens with zero attached hydrogens (tertiary/aromatic N) is 3. The zero-order valence-corrected chi connectivity index (χ0v) is 34.5. The molecule has 59 heavy (non-hydrogen) atoms. The van der Waals surface area contributed by atoms with Gasteiger partial charge in [-0.1, -0.05) is 61.4 Å². The Balaban J connectivity index is 1.11. The van der Waals surface area contributed by atoms with E-state index in [1.807, 2.05) is 60.0 Å². The fourth-order valence-corrected chi connectivity index (χ4v) is 11.0. The lowest BCUT2D eigenvalue weighted by Gasteiger charge is -2.32. The number of amides is 3. The van der Waals surface area contributed by atoms with Gasteiger partial charge < -0.3 is 25.0 Å². The Labute approximate surface area is 347 Å². The lowest BCUT2D eigenvalue weighted by Crippen LogP contribution is -2.58. The number of carbonyl (C=O) groups excluding carboxylic acids is 3. The Morgan fingerprint density at radius 1 is 1.10 bits per heavy atom. The summed E-state index contributed by atoms with van der Waals surface area (Å²) in [5.74, 6) is -0.844. The first-order valence-corrected chi connectivity index (χ1v) is 22.9. The SMILES string of the molecule is C=C[C@@H]1C[C@]1(NC(=O)[C@@H]1C[C@@H]2CN1C(=O)[C@H](C1CCCC1)Nc1nc(cs1)CC/C=C/c1cc3c(cc(-c4ccccc4)nc3cc1OC)O2)C(=O)NS(=O)(=O)C1CC1. The van der Waals surface area contributed by atoms with Gasteiger partial charge in [0.05, 0.1) is 35.8 Å². The molecule has 1 saturated heterocycles. The van der Waals surface area contributed by atoms with Crippen LogP contribution in [0.3, 0.4) is 0 Å². The first kappa shape index (κ1) is 39.2. The number of pyridine rings is 1. The zero-order chi connectivity index (χ0) is 40.9. The van der Waals surface area contributed by atoms with Gasteiger partial charge in [0.15, 0.2) is 5.13 Å². The van der Waals surface area contributed by atoms with Gasteiger partial charge in [-0.3, -0.25) is 19.1 Å². The maximum atomic E-state index is 15.1. The number of aryl methyl sites for hydroxylation is 1. The third kappa shape index (κ3) is 7.82. The molecule has 5 atom stereocenters. The molecule has 308 valence electrons. The van der Waals surface area contributed by atoms with Gasteiger partial charge in [-0.2, -0.15) is 0 Å². The van der Waals surface area contributed by atoms with Crippen LogP contribution in [0.5, 0.6) is 11.5 Å². The molecule has 2 aliphatic heterocycles. The van der Waals surface area contributed by atoms with Crippen molar-refractivity contribution in [2.24, 2.45) is 11.8 Å². The van der Waals surface area contributed by atoms with E-state index in [4.69, 9.17) is 19.4 Å². The Morgan fingerprint density at radius 2 is 1.90 bits per heavy atom. The molecule has 9 rings (SSSR count). The Kier molecular flexibility index (Phi) is 10.4. The molecule has 13 nitrogen and oxygen atoms in total. The summed E-state index contributed by atoms with van der Waals surface area (Å²) in [6, 6.07) is 13.9. The van der Waals surface area contributed by atoms with Crippen LogP contribution in [0, 0.1) is 11.8 Å². The van der Waals surface area contributed by atoms with Crippen LogP contribution >= 0.6 is 11.3 Å². The molecule has 3 saturated carbocycles. The predicted molar refractivity (Wildman–Crippen MR) is 226 cm³/mol. The van der Waals surface area contributed by atoms with Gasteiger partial charge in [0.25, 0.3) is 5.91 Å². The molecular formula is C44H48N6O7S2. The fourth-order valence-electron chi connectivity index (χ4n) is 8.89. The summed E-state index contributed by atoms with van der Waals surface area (Å²) in [4.78, 5) is 54.9. The van der Waals surface area contributed by atoms with Crippen molar-refractivity contribution in [1.29, 1.82) is 0 Å². The summed E-state index contributed by atoms with van der Waals surface area (Å²) in [7, 11) is -2.25. The minimum absolute atomic E-state index is 0.0244. The Morgan fingerprint density at radius 3 is 2.63 bits per heavy atom. The standard InChI is InChI=1S/C44H48N6O7S2/c1-3-29-23-44(29,42(53)49-59(54,55)32-17-18-32)48-40(51)36-20-31-24-50(36)41(52)39(27-13-7-8-14-27)47-43-45-30(25-58-43)16-10-9-15-28-19-33-35(22-37(28)56-2)46-34(21-38(33)57-31)26-11-5-4-6-12-26/h3-6,9,11-12,15,19,21-22,25,27,29,31-32,36,39H,1,7-8,10,13-14,16-18,20,23-24H2,2H3,(H,45,47)(H,48,51)(H,49,53)/b15-9+/t29-,31-,36+,39+,44-/m1/s1. The second-order valence-electron chi connectivity index (χ2n) is 16.4. The number of benzene rings is 2. The highest BCUT2D eigenvalue weighted by atomic mass is 32.2. The van der Waals surface area contributed by atoms with Crippen molar-refractivity contribution >= 4 is 61.2 Å². The van der Waals surface area contributed by atoms with E-state index in [0.29, 0.717) is 47.1 Å². The number of fused-ring (bicyclic) bond motifs is 5. The van der Waals surface area contributed by atoms with Crippen LogP contribution in [-0.4, -0.2) is 83.6 Å². The summed E-state index contributed by atoms with van der Waals surface area (Å²) < 4.78 is 40.7. The largest absolute Gasteiger partial charge is 0.496 e. The maximum absolute atomic E-state index is 15.1. The van der Waals surface area contributed by atoms with E-state index in [0.717, 1.165) is 54.3 Å². The number of thiazole rings is 1. The van der Waals surface area contributed by atoms with Gasteiger partial charge in [-0.05, 0) is 56.9 Å². The molecule has 6 bridgehead atoms. The number of ether oxygens (including phenoxy) is 2. The summed E-state index contributed by atoms with van der Waals surface area (Å²) in [6.45, 7) is 3.95. The van der Waals surface area contributed by atoms with Gasteiger partial charge >= 0.3 is 0 Å². The van der Waals surface area contributed by atoms with Crippen molar-refractivity contribution in [3.63, 3.8) is 0 Å². The van der Waals surface area contributed by atoms with Crippen LogP contribution in [0.1, 0.15) is 69.0 Å². The van der Waals surface area contributed by atoms with Gasteiger partial charge in [0, 0.05) is 46.4 Å². The summed E-state index contributed by atoms with van der Waals surface area (Å²) in [5, 5.41) is 9.20. The molecule has 0 unspecified atom stereocenters. The molecule has 2 aromatic heterocycles. The number of sulfonamides is 1. The first-order valence-electron chi connectivity index (χ1n) is 20.5. The normalized spacial score (nSPS) is 26.3. The second-order valence-corrected chi connectivity index (χ2v) is 19.2. The van der Waals surface area contributed by atoms with Crippen LogP contribution < -0.4 is 24.8 Å². The third-order valence-corrected chi connectivity index (χ3v) is 15.1. The topological polar surface area (TPSA) is 169 Å². The quantitative estimate of drug-likeness (QED) is 0.170. The first-order chi connectivity index (χ1) is 28.5. The van der Waals surface area contributed by atoms with Crippen molar-refractivity contribution < 1.29 is 32.3 Å². The van der Waals surface area contributed by atoms with Gasteiger partial charge in [-0.15, -0.1) is 17.9 Å². The van der Waals surface area contributed by atoms with Crippen molar-refractivity contribution in [2.45, 2.75) is 93.2 Å². The number of methoxy groups -OCH3 is 1. The molecule has 3 amide bonds. The molecular weight excluding hydrogens is 789 g/mol. The predicted octanol–water partition coefficient (Wildman–Crippen LogP) is 6.01. The number of anilines is 1. The fraction of sp³-hybridized carbons (Fsp3) is 0.432. The van der Waals surface area contributed by atoms with E-state index in [-0.39, 0.29) is 31.2 Å². The molecule has 5 aliphatic rings. The average molecular weight is 837 g/mol. The minimum Gasteiger partial charge on any atom is -0.496 e. The smallest absolute Gasteiger partial charge is 0.259 e. The number of hydrogen-bond acceptors (Lipinski definition) is 11. The summed E-state index contributed by atoms with van der Waals surface area (Å²) in [6.07, 6.45) is 11.5. The number of allylic oxidation sites excluding steroid dienone is 1. The van der Waals surface area contributed by atoms with E-state index < -0.39 is 56.7 Å². The Bertz CT molecular complexity index is 2450. The summed E-state index contributed by atoms with van der Waals surface area (Å²) >= 11 is 1.46. The molecule has 3 N–H and O–H groups in total. The Hall–Kier alpha value is -5.28. The van der Waals surface area contributed by atoms with E-state index in [9.17, 15) is 18.0 Å². The third-order valence-electron chi connectivity index (χ3n) is 12.4. The van der Waals surface area contributed by atoms with Crippen molar-refractivity contribution in [1.82, 2.24) is 24.9 Å². The van der Waals surface area contributed by atoms with Crippen molar-refractivity contribution in [3.05, 3.63) is 83.9 Å². The van der Waals surface area contributed by atoms with Gasteiger partial charge in [-0.25, -0.2) is 18.4 Å². The second kappa shape index (κ2) is 15.7. The highest BCUT2D eigenvalue weighted by Gasteiger charge is 2.62. The van der Waals surface area contributed by atoms with Crippen LogP contribution in [-0.2, 0) is 30.8 Å². The number of carbonyl (C=O) groups is 3. The van der Waals surface area contributed by atoms with E-state index in [1.54, 1.807) is 18.1 Å². The number of hydrogen-bond donors (Lipinski definition) is 3. The molecule has 0 radical (unpaired) electrons. The van der Waals surface area contributed by atoms with Crippen LogP contribution in [0.2, 0.25) is 0 Å². The number of nitrogens with one attached hydrogen (secondary N) is 3. The zero-order valence-electron chi connectivity index (χ0n) is 32.9. The summed E-state index contributed by atoms with van der Waals surface area (Å²) in [5.41, 5.74) is 2.48. The molecule has 15 heteroatoms. The van der Waals surface area contributed by atoms with Crippen LogP contribution in [0.4, 0.5) is 5.13 Å². The van der Waals surface area contributed by atoms with E-state index in [1.165, 1.54) is 11.3 Å². The molecule has 4 heterocycles.